The van der Waals surface area contributed by atoms with Crippen LogP contribution < -0.4 is 4.90 Å². The average Bonchev–Trinajstić information content (AvgIpc) is 2.96. The van der Waals surface area contributed by atoms with Gasteiger partial charge in [-0.05, 0) is 16.0 Å². The van der Waals surface area contributed by atoms with Crippen molar-refractivity contribution in [3.63, 3.8) is 0 Å². The predicted octanol–water partition coefficient (Wildman–Crippen LogP) is 1.92. The second-order valence-electron chi connectivity index (χ2n) is 4.31. The Hall–Kier alpha value is -2.02. The number of hydrogen-bond donors (Lipinski definition) is 0. The van der Waals surface area contributed by atoms with E-state index in [9.17, 15) is 0 Å². The number of hydrogen-bond acceptors (Lipinski definition) is 5. The molecule has 0 saturated carbocycles. The predicted molar refractivity (Wildman–Crippen MR) is 79.9 cm³/mol. The highest BCUT2D eigenvalue weighted by Gasteiger charge is 2.12. The molecule has 0 aliphatic rings. The van der Waals surface area contributed by atoms with Gasteiger partial charge in [-0.2, -0.15) is 4.52 Å². The Kier molecular flexibility index (Phi) is 3.87. The summed E-state index contributed by atoms with van der Waals surface area (Å²) in [4.78, 5) is 6.40. The molecule has 0 aliphatic carbocycles. The van der Waals surface area contributed by atoms with Gasteiger partial charge >= 0.3 is 0 Å². The number of alkyl halides is 1. The van der Waals surface area contributed by atoms with E-state index in [1.807, 2.05) is 18.2 Å². The second-order valence-corrected chi connectivity index (χ2v) is 5.10. The minimum Gasteiger partial charge on any atom is -0.350 e. The standard InChI is InChI=1S/C13H13BrN6/c14-6-7-19(10-11-4-2-1-3-5-11)13-9-15-8-12-16-17-18-20(12)13/h1-5,8-9H,6-7,10H2. The van der Waals surface area contributed by atoms with E-state index in [-0.39, 0.29) is 0 Å². The third kappa shape index (κ3) is 2.62. The number of aromatic nitrogens is 5. The molecule has 0 fully saturated rings. The molecule has 102 valence electrons. The van der Waals surface area contributed by atoms with Gasteiger partial charge in [0, 0.05) is 18.4 Å². The van der Waals surface area contributed by atoms with Gasteiger partial charge in [0.15, 0.2) is 11.5 Å². The molecule has 7 heteroatoms. The lowest BCUT2D eigenvalue weighted by Crippen LogP contribution is -2.27. The van der Waals surface area contributed by atoms with Gasteiger partial charge in [-0.15, -0.1) is 5.10 Å². The molecule has 20 heavy (non-hydrogen) atoms. The van der Waals surface area contributed by atoms with Gasteiger partial charge in [0.1, 0.15) is 0 Å². The topological polar surface area (TPSA) is 59.2 Å². The van der Waals surface area contributed by atoms with Crippen molar-refractivity contribution < 1.29 is 0 Å². The summed E-state index contributed by atoms with van der Waals surface area (Å²) in [6, 6.07) is 10.3. The van der Waals surface area contributed by atoms with Crippen molar-refractivity contribution >= 4 is 27.4 Å². The zero-order chi connectivity index (χ0) is 13.8. The number of fused-ring (bicyclic) bond motifs is 1. The maximum absolute atomic E-state index is 4.21. The molecular formula is C13H13BrN6. The normalized spacial score (nSPS) is 10.8. The van der Waals surface area contributed by atoms with Gasteiger partial charge in [0.25, 0.3) is 0 Å². The Morgan fingerprint density at radius 3 is 2.80 bits per heavy atom. The quantitative estimate of drug-likeness (QED) is 0.668. The van der Waals surface area contributed by atoms with Crippen LogP contribution in [-0.2, 0) is 6.54 Å². The molecule has 0 aliphatic heterocycles. The zero-order valence-corrected chi connectivity index (χ0v) is 12.3. The molecule has 0 bridgehead atoms. The van der Waals surface area contributed by atoms with Crippen LogP contribution in [0, 0.1) is 0 Å². The Morgan fingerprint density at radius 2 is 2.00 bits per heavy atom. The molecule has 1 aromatic carbocycles. The number of benzene rings is 1. The van der Waals surface area contributed by atoms with Gasteiger partial charge in [-0.25, -0.2) is 0 Å². The van der Waals surface area contributed by atoms with Crippen LogP contribution in [0.1, 0.15) is 5.56 Å². The number of halogens is 1. The molecule has 0 saturated heterocycles. The summed E-state index contributed by atoms with van der Waals surface area (Å²) >= 11 is 3.49. The highest BCUT2D eigenvalue weighted by Crippen LogP contribution is 2.16. The Labute approximate surface area is 124 Å². The summed E-state index contributed by atoms with van der Waals surface area (Å²) in [7, 11) is 0. The van der Waals surface area contributed by atoms with Crippen LogP contribution in [0.15, 0.2) is 42.7 Å². The molecule has 0 unspecified atom stereocenters. The van der Waals surface area contributed by atoms with Crippen LogP contribution in [0.5, 0.6) is 0 Å². The molecule has 3 aromatic rings. The Bertz CT molecular complexity index is 683. The van der Waals surface area contributed by atoms with Crippen molar-refractivity contribution in [3.8, 4) is 0 Å². The number of tetrazole rings is 1. The van der Waals surface area contributed by atoms with Crippen molar-refractivity contribution in [2.45, 2.75) is 6.54 Å². The van der Waals surface area contributed by atoms with Crippen LogP contribution in [0.4, 0.5) is 5.82 Å². The molecule has 0 spiro atoms. The third-order valence-electron chi connectivity index (χ3n) is 2.99. The summed E-state index contributed by atoms with van der Waals surface area (Å²) in [6.45, 7) is 1.63. The lowest BCUT2D eigenvalue weighted by molar-refractivity contribution is 0.753. The molecule has 2 heterocycles. The maximum atomic E-state index is 4.21. The van der Waals surface area contributed by atoms with E-state index in [1.54, 1.807) is 16.9 Å². The van der Waals surface area contributed by atoms with Gasteiger partial charge in [0.2, 0.25) is 0 Å². The first-order valence-corrected chi connectivity index (χ1v) is 7.37. The summed E-state index contributed by atoms with van der Waals surface area (Å²) in [5.74, 6) is 0.885. The largest absolute Gasteiger partial charge is 0.350 e. The first-order valence-electron chi connectivity index (χ1n) is 6.25. The second kappa shape index (κ2) is 5.96. The van der Waals surface area contributed by atoms with Crippen molar-refractivity contribution in [3.05, 3.63) is 48.3 Å². The summed E-state index contributed by atoms with van der Waals surface area (Å²) < 4.78 is 1.71. The van der Waals surface area contributed by atoms with Crippen LogP contribution in [0.25, 0.3) is 5.65 Å². The molecule has 0 amide bonds. The Balaban J connectivity index is 1.96. The van der Waals surface area contributed by atoms with E-state index < -0.39 is 0 Å². The molecule has 0 N–H and O–H groups in total. The van der Waals surface area contributed by atoms with E-state index in [2.05, 4.69) is 53.5 Å². The minimum absolute atomic E-state index is 0.648. The smallest absolute Gasteiger partial charge is 0.199 e. The summed E-state index contributed by atoms with van der Waals surface area (Å²) in [6.07, 6.45) is 3.44. The molecule has 0 radical (unpaired) electrons. The van der Waals surface area contributed by atoms with Gasteiger partial charge in [-0.1, -0.05) is 46.3 Å². The van der Waals surface area contributed by atoms with Crippen LogP contribution >= 0.6 is 15.9 Å². The van der Waals surface area contributed by atoms with E-state index in [1.165, 1.54) is 5.56 Å². The maximum Gasteiger partial charge on any atom is 0.199 e. The average molecular weight is 333 g/mol. The Morgan fingerprint density at radius 1 is 1.15 bits per heavy atom. The van der Waals surface area contributed by atoms with E-state index >= 15 is 0 Å². The van der Waals surface area contributed by atoms with Crippen LogP contribution in [0.3, 0.4) is 0 Å². The molecule has 6 nitrogen and oxygen atoms in total. The minimum atomic E-state index is 0.648. The fraction of sp³-hybridized carbons (Fsp3) is 0.231. The monoisotopic (exact) mass is 332 g/mol. The fourth-order valence-corrected chi connectivity index (χ4v) is 2.49. The van der Waals surface area contributed by atoms with Gasteiger partial charge < -0.3 is 4.90 Å². The van der Waals surface area contributed by atoms with E-state index in [0.717, 1.165) is 24.2 Å². The molecular weight excluding hydrogens is 320 g/mol. The molecule has 0 atom stereocenters. The first-order chi connectivity index (χ1) is 9.88. The zero-order valence-electron chi connectivity index (χ0n) is 10.7. The molecule has 3 rings (SSSR count). The lowest BCUT2D eigenvalue weighted by atomic mass is 10.2. The molecule has 2 aromatic heterocycles. The fourth-order valence-electron chi connectivity index (χ4n) is 2.06. The number of nitrogens with zero attached hydrogens (tertiary/aromatic N) is 6. The summed E-state index contributed by atoms with van der Waals surface area (Å²) in [5.41, 5.74) is 1.88. The van der Waals surface area contributed by atoms with Crippen LogP contribution in [-0.4, -0.2) is 36.9 Å². The first kappa shape index (κ1) is 13.0. The van der Waals surface area contributed by atoms with E-state index in [0.29, 0.717) is 5.65 Å². The highest BCUT2D eigenvalue weighted by molar-refractivity contribution is 9.09. The number of anilines is 1. The van der Waals surface area contributed by atoms with E-state index in [4.69, 9.17) is 0 Å². The number of rotatable bonds is 5. The van der Waals surface area contributed by atoms with Crippen LogP contribution in [0.2, 0.25) is 0 Å². The van der Waals surface area contributed by atoms with Crippen molar-refractivity contribution in [2.75, 3.05) is 16.8 Å². The van der Waals surface area contributed by atoms with Crippen molar-refractivity contribution in [1.29, 1.82) is 0 Å². The van der Waals surface area contributed by atoms with Gasteiger partial charge in [0.05, 0.1) is 12.4 Å². The SMILES string of the molecule is BrCCN(Cc1ccccc1)c1cncc2nnnn12. The third-order valence-corrected chi connectivity index (χ3v) is 3.34. The van der Waals surface area contributed by atoms with Crippen molar-refractivity contribution in [2.24, 2.45) is 0 Å². The van der Waals surface area contributed by atoms with Crippen molar-refractivity contribution in [1.82, 2.24) is 25.0 Å². The lowest BCUT2D eigenvalue weighted by Gasteiger charge is -2.23. The van der Waals surface area contributed by atoms with Gasteiger partial charge in [-0.3, -0.25) is 4.98 Å². The highest BCUT2D eigenvalue weighted by atomic mass is 79.9. The summed E-state index contributed by atoms with van der Waals surface area (Å²) in [5, 5.41) is 12.5.